The number of hydrogen-bond donors (Lipinski definition) is 3. The largest absolute Gasteiger partial charge is 0.387 e. The number of likely N-dealkylation sites (N-methyl/N-ethyl adjacent to an activating group) is 1. The molecule has 1 aromatic heterocycles. The van der Waals surface area contributed by atoms with Crippen LogP contribution in [0.3, 0.4) is 0 Å². The first kappa shape index (κ1) is 20.0. The molecule has 28 heavy (non-hydrogen) atoms. The number of benzene rings is 1. The van der Waals surface area contributed by atoms with Gasteiger partial charge in [0.2, 0.25) is 0 Å². The van der Waals surface area contributed by atoms with Crippen LogP contribution in [0.4, 0.5) is 15.0 Å². The number of nitrogens with zero attached hydrogens (tertiary/aromatic N) is 3. The molecule has 1 aliphatic rings. The fourth-order valence-corrected chi connectivity index (χ4v) is 3.10. The molecule has 3 N–H and O–H groups in total. The lowest BCUT2D eigenvalue weighted by Gasteiger charge is -2.34. The molecule has 0 saturated carbocycles. The number of anilines is 1. The molecular formula is C20H26FN5O2. The number of aliphatic hydroxyl groups excluding tert-OH is 1. The molecule has 1 aromatic carbocycles. The summed E-state index contributed by atoms with van der Waals surface area (Å²) in [6, 6.07) is 8.98. The van der Waals surface area contributed by atoms with Gasteiger partial charge >= 0.3 is 6.03 Å². The second-order valence-electron chi connectivity index (χ2n) is 6.91. The third-order valence-corrected chi connectivity index (χ3v) is 4.82. The predicted octanol–water partition coefficient (Wildman–Crippen LogP) is 1.51. The number of piperazine rings is 1. The topological polar surface area (TPSA) is 80.7 Å². The maximum atomic E-state index is 12.9. The summed E-state index contributed by atoms with van der Waals surface area (Å²) in [5.41, 5.74) is 1.49. The van der Waals surface area contributed by atoms with Crippen molar-refractivity contribution in [1.29, 1.82) is 0 Å². The van der Waals surface area contributed by atoms with Gasteiger partial charge in [-0.2, -0.15) is 0 Å². The highest BCUT2D eigenvalue weighted by molar-refractivity contribution is 5.74. The lowest BCUT2D eigenvalue weighted by Crippen LogP contribution is -2.45. The van der Waals surface area contributed by atoms with E-state index in [1.54, 1.807) is 6.20 Å². The summed E-state index contributed by atoms with van der Waals surface area (Å²) in [5, 5.41) is 15.5. The van der Waals surface area contributed by atoms with Crippen molar-refractivity contribution >= 4 is 11.8 Å². The number of rotatable bonds is 6. The molecule has 0 aliphatic carbocycles. The molecule has 1 aliphatic heterocycles. The van der Waals surface area contributed by atoms with Gasteiger partial charge in [0.05, 0.1) is 6.10 Å². The van der Waals surface area contributed by atoms with Crippen LogP contribution >= 0.6 is 0 Å². The Bertz CT molecular complexity index is 778. The van der Waals surface area contributed by atoms with Gasteiger partial charge in [-0.25, -0.2) is 14.2 Å². The van der Waals surface area contributed by atoms with E-state index in [4.69, 9.17) is 0 Å². The first-order chi connectivity index (χ1) is 13.5. The molecular weight excluding hydrogens is 361 g/mol. The number of carbonyl (C=O) groups excluding carboxylic acids is 1. The summed E-state index contributed by atoms with van der Waals surface area (Å²) in [7, 11) is 2.10. The van der Waals surface area contributed by atoms with E-state index in [1.165, 1.54) is 24.3 Å². The van der Waals surface area contributed by atoms with Crippen LogP contribution in [0.15, 0.2) is 42.6 Å². The van der Waals surface area contributed by atoms with Gasteiger partial charge in [-0.05, 0) is 30.8 Å². The molecule has 1 fully saturated rings. The van der Waals surface area contributed by atoms with E-state index < -0.39 is 6.10 Å². The molecule has 2 aromatic rings. The third kappa shape index (κ3) is 5.40. The fourth-order valence-electron chi connectivity index (χ4n) is 3.10. The number of pyridine rings is 1. The first-order valence-electron chi connectivity index (χ1n) is 9.35. The Balaban J connectivity index is 1.50. The molecule has 1 atom stereocenters. The minimum absolute atomic E-state index is 0.0375. The van der Waals surface area contributed by atoms with Crippen LogP contribution < -0.4 is 15.5 Å². The van der Waals surface area contributed by atoms with Crippen LogP contribution in [0, 0.1) is 5.82 Å². The number of nitrogens with one attached hydrogen (secondary N) is 2. The van der Waals surface area contributed by atoms with E-state index in [9.17, 15) is 14.3 Å². The molecule has 0 radical (unpaired) electrons. The Hall–Kier alpha value is -2.71. The zero-order valence-electron chi connectivity index (χ0n) is 15.9. The van der Waals surface area contributed by atoms with Crippen LogP contribution in [0.5, 0.6) is 0 Å². The minimum atomic E-state index is -0.898. The average molecular weight is 387 g/mol. The van der Waals surface area contributed by atoms with Gasteiger partial charge in [-0.1, -0.05) is 18.2 Å². The first-order valence-corrected chi connectivity index (χ1v) is 9.35. The molecule has 0 spiro atoms. The van der Waals surface area contributed by atoms with Crippen molar-refractivity contribution in [2.24, 2.45) is 0 Å². The Kier molecular flexibility index (Phi) is 6.78. The molecule has 2 amide bonds. The van der Waals surface area contributed by atoms with Gasteiger partial charge < -0.3 is 25.5 Å². The summed E-state index contributed by atoms with van der Waals surface area (Å²) in [6.45, 7) is 4.13. The van der Waals surface area contributed by atoms with Crippen LogP contribution in [0.2, 0.25) is 0 Å². The summed E-state index contributed by atoms with van der Waals surface area (Å²) in [4.78, 5) is 21.1. The highest BCUT2D eigenvalue weighted by Crippen LogP contribution is 2.18. The summed E-state index contributed by atoms with van der Waals surface area (Å²) >= 11 is 0. The average Bonchev–Trinajstić information content (AvgIpc) is 2.72. The van der Waals surface area contributed by atoms with E-state index in [2.05, 4.69) is 32.5 Å². The smallest absolute Gasteiger partial charge is 0.315 e. The van der Waals surface area contributed by atoms with E-state index in [1.807, 2.05) is 12.1 Å². The van der Waals surface area contributed by atoms with Crippen LogP contribution in [-0.4, -0.2) is 60.8 Å². The molecule has 150 valence electrons. The SMILES string of the molecule is CN1CCN(c2ncccc2CNC(=O)NCC(O)c2ccc(F)cc2)CC1. The minimum Gasteiger partial charge on any atom is -0.387 e. The normalized spacial score (nSPS) is 15.9. The van der Waals surface area contributed by atoms with E-state index in [-0.39, 0.29) is 18.4 Å². The highest BCUT2D eigenvalue weighted by atomic mass is 19.1. The number of carbonyl (C=O) groups is 1. The van der Waals surface area contributed by atoms with E-state index >= 15 is 0 Å². The number of urea groups is 1. The molecule has 1 unspecified atom stereocenters. The Morgan fingerprint density at radius 1 is 1.18 bits per heavy atom. The van der Waals surface area contributed by atoms with Crippen molar-refractivity contribution in [3.05, 3.63) is 59.5 Å². The van der Waals surface area contributed by atoms with Crippen molar-refractivity contribution in [3.8, 4) is 0 Å². The quantitative estimate of drug-likeness (QED) is 0.700. The Morgan fingerprint density at radius 2 is 1.89 bits per heavy atom. The number of amides is 2. The second-order valence-corrected chi connectivity index (χ2v) is 6.91. The maximum Gasteiger partial charge on any atom is 0.315 e. The third-order valence-electron chi connectivity index (χ3n) is 4.82. The van der Waals surface area contributed by atoms with Crippen molar-refractivity contribution < 1.29 is 14.3 Å². The zero-order valence-corrected chi connectivity index (χ0v) is 15.9. The van der Waals surface area contributed by atoms with Crippen molar-refractivity contribution in [1.82, 2.24) is 20.5 Å². The summed E-state index contributed by atoms with van der Waals surface area (Å²) in [5.74, 6) is 0.525. The van der Waals surface area contributed by atoms with Crippen molar-refractivity contribution in [2.75, 3.05) is 44.7 Å². The fraction of sp³-hybridized carbons (Fsp3) is 0.400. The van der Waals surface area contributed by atoms with E-state index in [0.717, 1.165) is 37.6 Å². The van der Waals surface area contributed by atoms with Crippen LogP contribution in [-0.2, 0) is 6.54 Å². The van der Waals surface area contributed by atoms with Crippen molar-refractivity contribution in [3.63, 3.8) is 0 Å². The van der Waals surface area contributed by atoms with Gasteiger partial charge in [-0.15, -0.1) is 0 Å². The molecule has 8 heteroatoms. The Morgan fingerprint density at radius 3 is 2.61 bits per heavy atom. The highest BCUT2D eigenvalue weighted by Gasteiger charge is 2.18. The lowest BCUT2D eigenvalue weighted by atomic mass is 10.1. The number of aromatic nitrogens is 1. The molecule has 0 bridgehead atoms. The maximum absolute atomic E-state index is 12.9. The molecule has 3 rings (SSSR count). The van der Waals surface area contributed by atoms with Crippen LogP contribution in [0.25, 0.3) is 0 Å². The zero-order chi connectivity index (χ0) is 19.9. The van der Waals surface area contributed by atoms with Gasteiger partial charge in [-0.3, -0.25) is 0 Å². The lowest BCUT2D eigenvalue weighted by molar-refractivity contribution is 0.173. The molecule has 7 nitrogen and oxygen atoms in total. The Labute approximate surface area is 164 Å². The van der Waals surface area contributed by atoms with E-state index in [0.29, 0.717) is 12.1 Å². The molecule has 1 saturated heterocycles. The molecule has 2 heterocycles. The van der Waals surface area contributed by atoms with Gasteiger partial charge in [0, 0.05) is 51.0 Å². The van der Waals surface area contributed by atoms with Gasteiger partial charge in [0.1, 0.15) is 11.6 Å². The van der Waals surface area contributed by atoms with Gasteiger partial charge in [0.15, 0.2) is 0 Å². The standard InChI is InChI=1S/C20H26FN5O2/c1-25-9-11-26(12-10-25)19-16(3-2-8-22-19)13-23-20(28)24-14-18(27)15-4-6-17(21)7-5-15/h2-8,18,27H,9-14H2,1H3,(H2,23,24,28). The van der Waals surface area contributed by atoms with Gasteiger partial charge in [0.25, 0.3) is 0 Å². The predicted molar refractivity (Wildman–Crippen MR) is 106 cm³/mol. The monoisotopic (exact) mass is 387 g/mol. The number of halogens is 1. The number of aliphatic hydroxyl groups is 1. The number of hydrogen-bond acceptors (Lipinski definition) is 5. The van der Waals surface area contributed by atoms with Crippen molar-refractivity contribution in [2.45, 2.75) is 12.6 Å². The summed E-state index contributed by atoms with van der Waals surface area (Å²) < 4.78 is 12.9. The summed E-state index contributed by atoms with van der Waals surface area (Å²) in [6.07, 6.45) is 0.863. The van der Waals surface area contributed by atoms with Crippen LogP contribution in [0.1, 0.15) is 17.2 Å². The second kappa shape index (κ2) is 9.48.